The summed E-state index contributed by atoms with van der Waals surface area (Å²) in [6.07, 6.45) is 0. The Hall–Kier alpha value is 0.675. The molecule has 1 aliphatic heterocycles. The van der Waals surface area contributed by atoms with Gasteiger partial charge in [0, 0.05) is 18.6 Å². The van der Waals surface area contributed by atoms with Crippen LogP contribution in [0.5, 0.6) is 0 Å². The minimum atomic E-state index is -0.193. The molecule has 1 fully saturated rings. The Bertz CT molecular complexity index is 113. The first-order chi connectivity index (χ1) is 4.66. The molecule has 3 nitrogen and oxygen atoms in total. The Morgan fingerprint density at radius 2 is 2.10 bits per heavy atom. The molecule has 0 amide bonds. The van der Waals surface area contributed by atoms with Crippen molar-refractivity contribution >= 4 is 27.3 Å². The zero-order valence-electron chi connectivity index (χ0n) is 5.84. The van der Waals surface area contributed by atoms with Gasteiger partial charge in [0.25, 0.3) is 0 Å². The van der Waals surface area contributed by atoms with Crippen molar-refractivity contribution in [1.29, 1.82) is 0 Å². The van der Waals surface area contributed by atoms with Crippen molar-refractivity contribution in [3.05, 3.63) is 0 Å². The first-order valence-corrected chi connectivity index (χ1v) is 4.39. The Kier molecular flexibility index (Phi) is 2.96. The Balaban J connectivity index is 2.38. The highest BCUT2D eigenvalue weighted by molar-refractivity contribution is 14.1. The van der Waals surface area contributed by atoms with E-state index in [1.807, 2.05) is 6.92 Å². The normalized spacial score (nSPS) is 24.9. The van der Waals surface area contributed by atoms with Gasteiger partial charge in [0.2, 0.25) is 0 Å². The van der Waals surface area contributed by atoms with E-state index < -0.39 is 0 Å². The van der Waals surface area contributed by atoms with Crippen LogP contribution in [0.2, 0.25) is 0 Å². The molecular weight excluding hydrogens is 246 g/mol. The smallest absolute Gasteiger partial charge is 0.402 e. The Morgan fingerprint density at radius 3 is 2.50 bits per heavy atom. The lowest BCUT2D eigenvalue weighted by molar-refractivity contribution is -0.00980. The molecule has 0 aromatic rings. The quantitative estimate of drug-likeness (QED) is 0.546. The lowest BCUT2D eigenvalue weighted by atomic mass is 9.92. The van der Waals surface area contributed by atoms with Crippen LogP contribution in [-0.2, 0) is 9.31 Å². The number of rotatable bonds is 1. The van der Waals surface area contributed by atoms with Gasteiger partial charge in [0.05, 0.1) is 6.61 Å². The summed E-state index contributed by atoms with van der Waals surface area (Å²) in [4.78, 5) is -0.141. The first-order valence-electron chi connectivity index (χ1n) is 3.14. The van der Waals surface area contributed by atoms with Gasteiger partial charge in [-0.05, 0) is 0 Å². The second-order valence-electron chi connectivity index (χ2n) is 2.87. The molecule has 5 heteroatoms. The maximum absolute atomic E-state index is 8.87. The van der Waals surface area contributed by atoms with Gasteiger partial charge in [-0.15, -0.1) is 0 Å². The number of aliphatic hydroxyl groups is 1. The molecular formula is C5H10BIO3. The number of aliphatic hydroxyl groups excluding tert-OH is 1. The Labute approximate surface area is 74.1 Å². The largest absolute Gasteiger partial charge is 0.532 e. The van der Waals surface area contributed by atoms with E-state index >= 15 is 0 Å². The third kappa shape index (κ3) is 2.08. The van der Waals surface area contributed by atoms with Crippen LogP contribution in [0.4, 0.5) is 0 Å². The van der Waals surface area contributed by atoms with E-state index in [-0.39, 0.29) is 17.0 Å². The minimum absolute atomic E-state index is 0.121. The highest BCUT2D eigenvalue weighted by atomic mass is 127. The highest BCUT2D eigenvalue weighted by Gasteiger charge is 2.33. The summed E-state index contributed by atoms with van der Waals surface area (Å²) in [7, 11) is 0. The topological polar surface area (TPSA) is 38.7 Å². The standard InChI is InChI=1S/C5H10BIO3/c1-5(2-8)3-9-6(7)10-4-5/h8H,2-4H2,1H3. The van der Waals surface area contributed by atoms with Gasteiger partial charge < -0.3 is 14.4 Å². The average molecular weight is 256 g/mol. The zero-order valence-corrected chi connectivity index (χ0v) is 8.00. The highest BCUT2D eigenvalue weighted by Crippen LogP contribution is 2.23. The molecule has 1 aliphatic rings. The molecule has 1 N–H and O–H groups in total. The van der Waals surface area contributed by atoms with E-state index in [4.69, 9.17) is 14.4 Å². The molecule has 0 atom stereocenters. The van der Waals surface area contributed by atoms with Crippen molar-refractivity contribution < 1.29 is 14.4 Å². The van der Waals surface area contributed by atoms with Crippen LogP contribution in [-0.4, -0.2) is 29.9 Å². The number of hydrogen-bond donors (Lipinski definition) is 1. The molecule has 0 aromatic carbocycles. The molecule has 1 rings (SSSR count). The van der Waals surface area contributed by atoms with Crippen LogP contribution >= 0.6 is 22.4 Å². The predicted octanol–water partition coefficient (Wildman–Crippen LogP) is 0.452. The summed E-state index contributed by atoms with van der Waals surface area (Å²) < 4.78 is 10.4. The minimum Gasteiger partial charge on any atom is -0.402 e. The monoisotopic (exact) mass is 256 g/mol. The van der Waals surface area contributed by atoms with Gasteiger partial charge in [-0.1, -0.05) is 29.3 Å². The molecule has 0 aliphatic carbocycles. The summed E-state index contributed by atoms with van der Waals surface area (Å²) in [6, 6.07) is 0. The summed E-state index contributed by atoms with van der Waals surface area (Å²) in [6.45, 7) is 3.22. The molecule has 0 bridgehead atoms. The van der Waals surface area contributed by atoms with Crippen LogP contribution in [0.15, 0.2) is 0 Å². The van der Waals surface area contributed by atoms with Crippen LogP contribution in [0.3, 0.4) is 0 Å². The van der Waals surface area contributed by atoms with Crippen LogP contribution in [0.1, 0.15) is 6.92 Å². The van der Waals surface area contributed by atoms with Crippen molar-refractivity contribution in [2.24, 2.45) is 5.41 Å². The molecule has 1 saturated heterocycles. The van der Waals surface area contributed by atoms with Gasteiger partial charge >= 0.3 is 4.97 Å². The van der Waals surface area contributed by atoms with Crippen LogP contribution < -0.4 is 0 Å². The van der Waals surface area contributed by atoms with Crippen LogP contribution in [0, 0.1) is 5.41 Å². The Morgan fingerprint density at radius 1 is 1.60 bits per heavy atom. The summed E-state index contributed by atoms with van der Waals surface area (Å²) in [5.41, 5.74) is -0.193. The van der Waals surface area contributed by atoms with E-state index in [2.05, 4.69) is 22.4 Å². The summed E-state index contributed by atoms with van der Waals surface area (Å²) in [5, 5.41) is 8.87. The van der Waals surface area contributed by atoms with Crippen LogP contribution in [0.25, 0.3) is 0 Å². The van der Waals surface area contributed by atoms with E-state index in [1.54, 1.807) is 0 Å². The third-order valence-corrected chi connectivity index (χ3v) is 2.23. The van der Waals surface area contributed by atoms with Crippen molar-refractivity contribution in [2.75, 3.05) is 19.8 Å². The van der Waals surface area contributed by atoms with E-state index in [9.17, 15) is 0 Å². The van der Waals surface area contributed by atoms with Crippen molar-refractivity contribution in [3.63, 3.8) is 0 Å². The molecule has 10 heavy (non-hydrogen) atoms. The molecule has 0 saturated carbocycles. The van der Waals surface area contributed by atoms with Crippen molar-refractivity contribution in [2.45, 2.75) is 6.92 Å². The molecule has 0 radical (unpaired) electrons. The van der Waals surface area contributed by atoms with E-state index in [0.717, 1.165) is 0 Å². The van der Waals surface area contributed by atoms with E-state index in [0.29, 0.717) is 13.2 Å². The zero-order chi connectivity index (χ0) is 7.61. The van der Waals surface area contributed by atoms with Gasteiger partial charge in [0.15, 0.2) is 0 Å². The SMILES string of the molecule is CC1(CO)COB(I)OC1. The lowest BCUT2D eigenvalue weighted by Crippen LogP contribution is -2.42. The third-order valence-electron chi connectivity index (χ3n) is 1.51. The van der Waals surface area contributed by atoms with Crippen molar-refractivity contribution in [3.8, 4) is 0 Å². The molecule has 0 aromatic heterocycles. The van der Waals surface area contributed by atoms with Crippen molar-refractivity contribution in [1.82, 2.24) is 0 Å². The number of halogens is 1. The fraction of sp³-hybridized carbons (Fsp3) is 1.00. The molecule has 0 unspecified atom stereocenters. The van der Waals surface area contributed by atoms with Gasteiger partial charge in [-0.2, -0.15) is 0 Å². The molecule has 58 valence electrons. The maximum atomic E-state index is 8.87. The van der Waals surface area contributed by atoms with Gasteiger partial charge in [-0.25, -0.2) is 0 Å². The molecule has 0 spiro atoms. The second kappa shape index (κ2) is 3.38. The molecule has 1 heterocycles. The maximum Gasteiger partial charge on any atom is 0.532 e. The number of hydrogen-bond acceptors (Lipinski definition) is 3. The van der Waals surface area contributed by atoms with Gasteiger partial charge in [-0.3, -0.25) is 0 Å². The summed E-state index contributed by atoms with van der Waals surface area (Å²) >= 11 is 2.06. The second-order valence-corrected chi connectivity index (χ2v) is 3.88. The fourth-order valence-corrected chi connectivity index (χ4v) is 1.07. The predicted molar refractivity (Wildman–Crippen MR) is 46.9 cm³/mol. The van der Waals surface area contributed by atoms with E-state index in [1.165, 1.54) is 0 Å². The fourth-order valence-electron chi connectivity index (χ4n) is 0.714. The summed E-state index contributed by atoms with van der Waals surface area (Å²) in [5.74, 6) is 0. The lowest BCUT2D eigenvalue weighted by Gasteiger charge is -2.32. The first kappa shape index (κ1) is 8.77. The average Bonchev–Trinajstić information content (AvgIpc) is 1.96. The van der Waals surface area contributed by atoms with Gasteiger partial charge in [0.1, 0.15) is 0 Å².